The van der Waals surface area contributed by atoms with Gasteiger partial charge in [0.1, 0.15) is 5.75 Å². The fourth-order valence-corrected chi connectivity index (χ4v) is 1.41. The van der Waals surface area contributed by atoms with Crippen molar-refractivity contribution in [1.29, 1.82) is 0 Å². The molecule has 17 heavy (non-hydrogen) atoms. The highest BCUT2D eigenvalue weighted by Crippen LogP contribution is 2.14. The van der Waals surface area contributed by atoms with E-state index >= 15 is 0 Å². The maximum atomic E-state index is 5.84. The van der Waals surface area contributed by atoms with Crippen LogP contribution < -0.4 is 10.5 Å². The molecule has 0 bridgehead atoms. The number of hydrogen-bond acceptors (Lipinski definition) is 3. The van der Waals surface area contributed by atoms with Gasteiger partial charge >= 0.3 is 0 Å². The molecule has 1 atom stereocenters. The number of aromatic nitrogens is 1. The molecule has 94 valence electrons. The first-order valence-corrected chi connectivity index (χ1v) is 6.15. The normalized spacial score (nSPS) is 13.2. The molecule has 3 nitrogen and oxygen atoms in total. The van der Waals surface area contributed by atoms with Crippen molar-refractivity contribution >= 4 is 6.08 Å². The van der Waals surface area contributed by atoms with Crippen molar-refractivity contribution < 1.29 is 4.74 Å². The monoisotopic (exact) mass is 234 g/mol. The zero-order valence-electron chi connectivity index (χ0n) is 10.9. The lowest BCUT2D eigenvalue weighted by atomic mass is 10.1. The van der Waals surface area contributed by atoms with E-state index in [1.165, 1.54) is 0 Å². The van der Waals surface area contributed by atoms with E-state index in [1.54, 1.807) is 6.20 Å². The van der Waals surface area contributed by atoms with Gasteiger partial charge in [-0.15, -0.1) is 0 Å². The lowest BCUT2D eigenvalue weighted by Crippen LogP contribution is -2.16. The molecule has 0 fully saturated rings. The predicted octanol–water partition coefficient (Wildman–Crippen LogP) is 3.01. The average molecular weight is 234 g/mol. The first kappa shape index (κ1) is 13.7. The molecule has 3 heteroatoms. The Labute approximate surface area is 104 Å². The highest BCUT2D eigenvalue weighted by molar-refractivity contribution is 5.49. The van der Waals surface area contributed by atoms with Crippen molar-refractivity contribution in [3.05, 3.63) is 30.1 Å². The summed E-state index contributed by atoms with van der Waals surface area (Å²) in [6.07, 6.45) is 9.74. The number of rotatable bonds is 6. The summed E-state index contributed by atoms with van der Waals surface area (Å²) in [7, 11) is 0. The van der Waals surface area contributed by atoms with Crippen molar-refractivity contribution in [2.75, 3.05) is 0 Å². The Morgan fingerprint density at radius 2 is 2.18 bits per heavy atom. The summed E-state index contributed by atoms with van der Waals surface area (Å²) in [5.74, 6) is 0.807. The molecule has 0 aliphatic carbocycles. The van der Waals surface area contributed by atoms with Gasteiger partial charge in [-0.1, -0.05) is 19.1 Å². The van der Waals surface area contributed by atoms with Crippen LogP contribution in [0.3, 0.4) is 0 Å². The topological polar surface area (TPSA) is 48.1 Å². The molecule has 2 N–H and O–H groups in total. The molecule has 0 aromatic carbocycles. The first-order valence-electron chi connectivity index (χ1n) is 6.15. The van der Waals surface area contributed by atoms with Crippen LogP contribution in [0.25, 0.3) is 6.08 Å². The minimum Gasteiger partial charge on any atom is -0.489 e. The van der Waals surface area contributed by atoms with Crippen molar-refractivity contribution in [1.82, 2.24) is 4.98 Å². The number of hydrogen-bond donors (Lipinski definition) is 1. The van der Waals surface area contributed by atoms with Gasteiger partial charge in [0.15, 0.2) is 0 Å². The highest BCUT2D eigenvalue weighted by atomic mass is 16.5. The Hall–Kier alpha value is -1.35. The van der Waals surface area contributed by atoms with Crippen LogP contribution in [0.1, 0.15) is 39.2 Å². The number of nitrogens with zero attached hydrogens (tertiary/aromatic N) is 1. The maximum absolute atomic E-state index is 5.84. The standard InChI is InChI=1S/C14H22N2O/c1-4-13(15)7-5-6-12-8-14(10-16-9-12)17-11(2)3/h5-6,8-11,13H,4,7,15H2,1-3H3/b6-5+. The van der Waals surface area contributed by atoms with Crippen molar-refractivity contribution in [2.24, 2.45) is 5.73 Å². The van der Waals surface area contributed by atoms with Gasteiger partial charge in [0.2, 0.25) is 0 Å². The van der Waals surface area contributed by atoms with E-state index < -0.39 is 0 Å². The Kier molecular flexibility index (Phi) is 5.70. The number of pyridine rings is 1. The van der Waals surface area contributed by atoms with Gasteiger partial charge in [-0.2, -0.15) is 0 Å². The predicted molar refractivity (Wildman–Crippen MR) is 71.9 cm³/mol. The molecule has 1 unspecified atom stereocenters. The first-order chi connectivity index (χ1) is 8.11. The molecule has 0 saturated heterocycles. The van der Waals surface area contributed by atoms with E-state index in [-0.39, 0.29) is 12.1 Å². The second-order valence-corrected chi connectivity index (χ2v) is 4.43. The molecule has 1 aromatic heterocycles. The zero-order valence-corrected chi connectivity index (χ0v) is 10.9. The van der Waals surface area contributed by atoms with Gasteiger partial charge in [0, 0.05) is 12.2 Å². The molecule has 1 rings (SSSR count). The van der Waals surface area contributed by atoms with E-state index in [1.807, 2.05) is 32.2 Å². The van der Waals surface area contributed by atoms with Crippen LogP contribution in [0, 0.1) is 0 Å². The average Bonchev–Trinajstić information content (AvgIpc) is 2.28. The lowest BCUT2D eigenvalue weighted by Gasteiger charge is -2.09. The molecule has 0 aliphatic heterocycles. The zero-order chi connectivity index (χ0) is 12.7. The Balaban J connectivity index is 2.59. The van der Waals surface area contributed by atoms with Gasteiger partial charge < -0.3 is 10.5 Å². The van der Waals surface area contributed by atoms with Crippen LogP contribution >= 0.6 is 0 Å². The molecule has 0 saturated carbocycles. The largest absolute Gasteiger partial charge is 0.489 e. The summed E-state index contributed by atoms with van der Waals surface area (Å²) in [4.78, 5) is 4.15. The summed E-state index contributed by atoms with van der Waals surface area (Å²) >= 11 is 0. The van der Waals surface area contributed by atoms with Gasteiger partial charge in [0.25, 0.3) is 0 Å². The molecular weight excluding hydrogens is 212 g/mol. The second kappa shape index (κ2) is 7.07. The smallest absolute Gasteiger partial charge is 0.138 e. The van der Waals surface area contributed by atoms with Gasteiger partial charge in [0.05, 0.1) is 12.3 Å². The van der Waals surface area contributed by atoms with E-state index in [9.17, 15) is 0 Å². The van der Waals surface area contributed by atoms with Crippen LogP contribution in [-0.2, 0) is 0 Å². The molecule has 1 aromatic rings. The highest BCUT2D eigenvalue weighted by Gasteiger charge is 1.99. The fraction of sp³-hybridized carbons (Fsp3) is 0.500. The van der Waals surface area contributed by atoms with E-state index in [0.29, 0.717) is 0 Å². The molecule has 0 amide bonds. The van der Waals surface area contributed by atoms with Crippen LogP contribution in [-0.4, -0.2) is 17.1 Å². The Morgan fingerprint density at radius 1 is 1.41 bits per heavy atom. The third kappa shape index (κ3) is 5.50. The molecule has 1 heterocycles. The van der Waals surface area contributed by atoms with E-state index in [4.69, 9.17) is 10.5 Å². The number of ether oxygens (including phenoxy) is 1. The fourth-order valence-electron chi connectivity index (χ4n) is 1.41. The maximum Gasteiger partial charge on any atom is 0.138 e. The number of nitrogens with two attached hydrogens (primary N) is 1. The van der Waals surface area contributed by atoms with Crippen molar-refractivity contribution in [3.63, 3.8) is 0 Å². The van der Waals surface area contributed by atoms with E-state index in [0.717, 1.165) is 24.2 Å². The van der Waals surface area contributed by atoms with Crippen LogP contribution in [0.5, 0.6) is 5.75 Å². The summed E-state index contributed by atoms with van der Waals surface area (Å²) in [6, 6.07) is 2.23. The van der Waals surface area contributed by atoms with E-state index in [2.05, 4.69) is 18.0 Å². The summed E-state index contributed by atoms with van der Waals surface area (Å²) < 4.78 is 5.58. The third-order valence-corrected chi connectivity index (χ3v) is 2.38. The SMILES string of the molecule is CCC(N)C/C=C/c1cncc(OC(C)C)c1. The van der Waals surface area contributed by atoms with Gasteiger partial charge in [-0.05, 0) is 38.3 Å². The molecule has 0 aliphatic rings. The third-order valence-electron chi connectivity index (χ3n) is 2.38. The summed E-state index contributed by atoms with van der Waals surface area (Å²) in [6.45, 7) is 6.10. The molecular formula is C14H22N2O. The lowest BCUT2D eigenvalue weighted by molar-refractivity contribution is 0.241. The summed E-state index contributed by atoms with van der Waals surface area (Å²) in [5.41, 5.74) is 6.89. The summed E-state index contributed by atoms with van der Waals surface area (Å²) in [5, 5.41) is 0. The van der Waals surface area contributed by atoms with Gasteiger partial charge in [-0.3, -0.25) is 4.98 Å². The molecule has 0 radical (unpaired) electrons. The Bertz CT molecular complexity index is 361. The minimum absolute atomic E-state index is 0.171. The van der Waals surface area contributed by atoms with Crippen molar-refractivity contribution in [3.8, 4) is 5.75 Å². The minimum atomic E-state index is 0.171. The quantitative estimate of drug-likeness (QED) is 0.823. The van der Waals surface area contributed by atoms with Crippen LogP contribution in [0.2, 0.25) is 0 Å². The Morgan fingerprint density at radius 3 is 2.82 bits per heavy atom. The van der Waals surface area contributed by atoms with Crippen LogP contribution in [0.15, 0.2) is 24.5 Å². The van der Waals surface area contributed by atoms with Crippen LogP contribution in [0.4, 0.5) is 0 Å². The van der Waals surface area contributed by atoms with Crippen molar-refractivity contribution in [2.45, 2.75) is 45.8 Å². The van der Waals surface area contributed by atoms with Gasteiger partial charge in [-0.25, -0.2) is 0 Å². The second-order valence-electron chi connectivity index (χ2n) is 4.43. The molecule has 0 spiro atoms.